The van der Waals surface area contributed by atoms with Gasteiger partial charge in [-0.15, -0.1) is 0 Å². The minimum atomic E-state index is -0.886. The molecule has 0 saturated heterocycles. The van der Waals surface area contributed by atoms with Gasteiger partial charge in [0.05, 0.1) is 6.04 Å². The molecule has 39 heavy (non-hydrogen) atoms. The molecule has 3 N–H and O–H groups in total. The fourth-order valence-corrected chi connectivity index (χ4v) is 4.45. The summed E-state index contributed by atoms with van der Waals surface area (Å²) in [5, 5.41) is 9.15. The Balaban J connectivity index is 1.86. The van der Waals surface area contributed by atoms with E-state index in [9.17, 15) is 14.4 Å². The van der Waals surface area contributed by atoms with Crippen molar-refractivity contribution in [3.63, 3.8) is 0 Å². The minimum Gasteiger partial charge on any atom is -0.489 e. The Labute approximate surface area is 232 Å². The van der Waals surface area contributed by atoms with Gasteiger partial charge < -0.3 is 25.6 Å². The molecule has 1 heterocycles. The van der Waals surface area contributed by atoms with Gasteiger partial charge in [0.15, 0.2) is 0 Å². The lowest BCUT2D eigenvalue weighted by Crippen LogP contribution is -2.56. The van der Waals surface area contributed by atoms with E-state index < -0.39 is 24.0 Å². The van der Waals surface area contributed by atoms with Crippen molar-refractivity contribution in [1.29, 1.82) is 0 Å². The number of hydrogen-bond donors (Lipinski definition) is 3. The van der Waals surface area contributed by atoms with E-state index in [0.29, 0.717) is 25.9 Å². The van der Waals surface area contributed by atoms with Gasteiger partial charge in [-0.25, -0.2) is 0 Å². The maximum absolute atomic E-state index is 13.4. The van der Waals surface area contributed by atoms with Crippen molar-refractivity contribution in [2.75, 3.05) is 20.1 Å². The number of nitrogens with one attached hydrogen (secondary N) is 3. The summed E-state index contributed by atoms with van der Waals surface area (Å²) in [6.45, 7) is 6.60. The van der Waals surface area contributed by atoms with Crippen LogP contribution in [0.25, 0.3) is 6.08 Å². The highest BCUT2D eigenvalue weighted by Crippen LogP contribution is 2.21. The molecule has 8 nitrogen and oxygen atoms in total. The molecule has 3 rings (SSSR count). The highest BCUT2D eigenvalue weighted by atomic mass is 16.5. The molecule has 0 saturated carbocycles. The van der Waals surface area contributed by atoms with Crippen LogP contribution in [0.2, 0.25) is 0 Å². The van der Waals surface area contributed by atoms with Crippen LogP contribution in [0.15, 0.2) is 60.7 Å². The summed E-state index contributed by atoms with van der Waals surface area (Å²) in [5.41, 5.74) is 1.97. The van der Waals surface area contributed by atoms with Gasteiger partial charge in [0.2, 0.25) is 17.7 Å². The molecule has 0 bridgehead atoms. The van der Waals surface area contributed by atoms with Crippen LogP contribution in [0, 0.1) is 0 Å². The number of rotatable bonds is 4. The number of amides is 3. The van der Waals surface area contributed by atoms with Crippen molar-refractivity contribution in [2.45, 2.75) is 70.7 Å². The zero-order chi connectivity index (χ0) is 28.2. The zero-order valence-electron chi connectivity index (χ0n) is 23.5. The first-order chi connectivity index (χ1) is 18.8. The zero-order valence-corrected chi connectivity index (χ0v) is 23.5. The Kier molecular flexibility index (Phi) is 11.6. The average molecular weight is 535 g/mol. The Morgan fingerprint density at radius 1 is 1.00 bits per heavy atom. The molecule has 1 aliphatic heterocycles. The molecule has 2 aromatic carbocycles. The molecule has 3 amide bonds. The third-order valence-electron chi connectivity index (χ3n) is 6.92. The van der Waals surface area contributed by atoms with Gasteiger partial charge in [0.25, 0.3) is 0 Å². The van der Waals surface area contributed by atoms with Crippen molar-refractivity contribution in [1.82, 2.24) is 20.9 Å². The number of para-hydroxylation sites is 1. The maximum Gasteiger partial charge on any atom is 0.246 e. The van der Waals surface area contributed by atoms with Crippen LogP contribution >= 0.6 is 0 Å². The number of fused-ring (bicyclic) bond motifs is 1. The summed E-state index contributed by atoms with van der Waals surface area (Å²) in [4.78, 5) is 41.2. The molecule has 0 aliphatic carbocycles. The van der Waals surface area contributed by atoms with Gasteiger partial charge in [-0.05, 0) is 50.3 Å². The number of aryl methyl sites for hydroxylation is 1. The van der Waals surface area contributed by atoms with E-state index in [2.05, 4.69) is 16.0 Å². The standard InChI is InChI=1S/C31H42N4O4/c1-5-12-27-31(38)35(4)23(3)29(36)34-26(19-18-24-13-7-6-8-14-24)30(37)32-20-11-16-25-15-9-10-17-28(25)39-22(2)21-33-27/h6-10,13-15,17-19,22-23,26-27,33H,5,11-12,16,20-21H2,1-4H3,(H,32,37)(H,34,36)/b19-18+/t22-,23-,26?,27+/m1/s1. The van der Waals surface area contributed by atoms with Crippen molar-refractivity contribution >= 4 is 23.8 Å². The van der Waals surface area contributed by atoms with Gasteiger partial charge in [-0.1, -0.05) is 74.0 Å². The van der Waals surface area contributed by atoms with Crippen LogP contribution in [0.1, 0.15) is 51.2 Å². The lowest BCUT2D eigenvalue weighted by molar-refractivity contribution is -0.140. The second-order valence-electron chi connectivity index (χ2n) is 10.1. The van der Waals surface area contributed by atoms with Crippen LogP contribution in [0.5, 0.6) is 5.75 Å². The minimum absolute atomic E-state index is 0.167. The predicted octanol–water partition coefficient (Wildman–Crippen LogP) is 3.32. The fraction of sp³-hybridized carbons (Fsp3) is 0.452. The van der Waals surface area contributed by atoms with E-state index in [1.165, 1.54) is 4.90 Å². The third kappa shape index (κ3) is 8.96. The second kappa shape index (κ2) is 15.1. The number of benzene rings is 2. The molecular formula is C31H42N4O4. The van der Waals surface area contributed by atoms with Gasteiger partial charge in [-0.3, -0.25) is 14.4 Å². The van der Waals surface area contributed by atoms with E-state index in [1.807, 2.05) is 74.5 Å². The smallest absolute Gasteiger partial charge is 0.246 e. The summed E-state index contributed by atoms with van der Waals surface area (Å²) in [7, 11) is 1.63. The monoisotopic (exact) mass is 534 g/mol. The van der Waals surface area contributed by atoms with E-state index in [4.69, 9.17) is 4.74 Å². The molecule has 0 spiro atoms. The maximum atomic E-state index is 13.4. The second-order valence-corrected chi connectivity index (χ2v) is 10.1. The summed E-state index contributed by atoms with van der Waals surface area (Å²) in [6.07, 6.45) is 6.21. The quantitative estimate of drug-likeness (QED) is 0.559. The van der Waals surface area contributed by atoms with Crippen LogP contribution in [0.3, 0.4) is 0 Å². The Morgan fingerprint density at radius 2 is 1.72 bits per heavy atom. The summed E-state index contributed by atoms with van der Waals surface area (Å²) < 4.78 is 6.23. The van der Waals surface area contributed by atoms with Gasteiger partial charge in [0.1, 0.15) is 23.9 Å². The van der Waals surface area contributed by atoms with Crippen molar-refractivity contribution in [3.8, 4) is 5.75 Å². The first kappa shape index (κ1) is 29.9. The van der Waals surface area contributed by atoms with Crippen molar-refractivity contribution in [2.24, 2.45) is 0 Å². The SMILES string of the molecule is CCC[C@@H]1NC[C@@H](C)Oc2ccccc2CCCNC(=O)C(/C=C/c2ccccc2)NC(=O)[C@@H](C)N(C)C1=O. The number of ether oxygens (including phenoxy) is 1. The number of carbonyl (C=O) groups is 3. The van der Waals surface area contributed by atoms with Crippen LogP contribution < -0.4 is 20.7 Å². The first-order valence-corrected chi connectivity index (χ1v) is 13.9. The average Bonchev–Trinajstić information content (AvgIpc) is 2.95. The highest BCUT2D eigenvalue weighted by molar-refractivity contribution is 5.94. The summed E-state index contributed by atoms with van der Waals surface area (Å²) in [6, 6.07) is 15.4. The molecule has 4 atom stereocenters. The van der Waals surface area contributed by atoms with Gasteiger partial charge in [0, 0.05) is 20.1 Å². The Hall–Kier alpha value is -3.65. The lowest BCUT2D eigenvalue weighted by atomic mass is 10.1. The van der Waals surface area contributed by atoms with Crippen LogP contribution in [0.4, 0.5) is 0 Å². The van der Waals surface area contributed by atoms with E-state index >= 15 is 0 Å². The number of hydrogen-bond acceptors (Lipinski definition) is 5. The molecule has 1 aliphatic rings. The highest BCUT2D eigenvalue weighted by Gasteiger charge is 2.30. The van der Waals surface area contributed by atoms with Crippen LogP contribution in [-0.2, 0) is 20.8 Å². The third-order valence-corrected chi connectivity index (χ3v) is 6.92. The molecule has 8 heteroatoms. The Morgan fingerprint density at radius 3 is 2.46 bits per heavy atom. The van der Waals surface area contributed by atoms with Crippen LogP contribution in [-0.4, -0.2) is 67.0 Å². The molecule has 0 aromatic heterocycles. The van der Waals surface area contributed by atoms with E-state index in [-0.39, 0.29) is 17.9 Å². The fourth-order valence-electron chi connectivity index (χ4n) is 4.45. The first-order valence-electron chi connectivity index (χ1n) is 13.9. The van der Waals surface area contributed by atoms with Gasteiger partial charge in [-0.2, -0.15) is 0 Å². The number of carbonyl (C=O) groups excluding carboxylic acids is 3. The Bertz CT molecular complexity index is 1120. The topological polar surface area (TPSA) is 99.8 Å². The van der Waals surface area contributed by atoms with E-state index in [1.54, 1.807) is 20.0 Å². The molecule has 2 aromatic rings. The summed E-state index contributed by atoms with van der Waals surface area (Å²) >= 11 is 0. The number of likely N-dealkylation sites (N-methyl/N-ethyl adjacent to an activating group) is 1. The van der Waals surface area contributed by atoms with Crippen molar-refractivity contribution in [3.05, 3.63) is 71.8 Å². The molecule has 0 radical (unpaired) electrons. The molecule has 0 fully saturated rings. The van der Waals surface area contributed by atoms with E-state index in [0.717, 1.165) is 29.7 Å². The molecule has 1 unspecified atom stereocenters. The largest absolute Gasteiger partial charge is 0.489 e. The summed E-state index contributed by atoms with van der Waals surface area (Å²) in [5.74, 6) is -0.0689. The van der Waals surface area contributed by atoms with Gasteiger partial charge >= 0.3 is 0 Å². The normalized spacial score (nSPS) is 24.2. The predicted molar refractivity (Wildman–Crippen MR) is 154 cm³/mol. The molecular weight excluding hydrogens is 492 g/mol. The lowest BCUT2D eigenvalue weighted by Gasteiger charge is -2.30. The number of nitrogens with zero attached hydrogens (tertiary/aromatic N) is 1. The molecule has 210 valence electrons. The van der Waals surface area contributed by atoms with Crippen molar-refractivity contribution < 1.29 is 19.1 Å².